The first-order chi connectivity index (χ1) is 11.0. The highest BCUT2D eigenvalue weighted by atomic mass is 16.1. The maximum Gasteiger partial charge on any atom is 0.136 e. The molecule has 0 aliphatic carbocycles. The average Bonchev–Trinajstić information content (AvgIpc) is 2.47. The van der Waals surface area contributed by atoms with Crippen molar-refractivity contribution in [2.75, 3.05) is 0 Å². The molecule has 0 unspecified atom stereocenters. The van der Waals surface area contributed by atoms with Gasteiger partial charge in [0.25, 0.3) is 0 Å². The molecular weight excluding hydrogens is 280 g/mol. The Morgan fingerprint density at radius 3 is 1.30 bits per heavy atom. The van der Waals surface area contributed by atoms with Crippen LogP contribution in [0.3, 0.4) is 0 Å². The first kappa shape index (κ1) is 22.7. The lowest BCUT2D eigenvalue weighted by Gasteiger charge is -2.23. The Morgan fingerprint density at radius 1 is 0.609 bits per heavy atom. The second kappa shape index (κ2) is 15.2. The van der Waals surface area contributed by atoms with Gasteiger partial charge in [0.1, 0.15) is 5.78 Å². The van der Waals surface area contributed by atoms with Crippen LogP contribution in [-0.2, 0) is 4.79 Å². The van der Waals surface area contributed by atoms with Crippen LogP contribution in [0.5, 0.6) is 0 Å². The molecule has 0 aromatic heterocycles. The molecule has 0 fully saturated rings. The quantitative estimate of drug-likeness (QED) is 0.267. The van der Waals surface area contributed by atoms with Gasteiger partial charge in [-0.05, 0) is 18.3 Å². The molecule has 0 aliphatic rings. The molecule has 0 aromatic rings. The predicted octanol–water partition coefficient (Wildman–Crippen LogP) is 7.57. The monoisotopic (exact) mass is 324 g/mol. The normalized spacial score (nSPS) is 11.8. The number of rotatable bonds is 16. The van der Waals surface area contributed by atoms with E-state index < -0.39 is 0 Å². The minimum atomic E-state index is 0.266. The maximum atomic E-state index is 12.3. The molecule has 0 atom stereocenters. The lowest BCUT2D eigenvalue weighted by molar-refractivity contribution is -0.125. The number of Topliss-reactive ketones (excluding diaryl/α,β-unsaturated/α-hetero) is 1. The summed E-state index contributed by atoms with van der Waals surface area (Å²) in [5, 5.41) is 0. The summed E-state index contributed by atoms with van der Waals surface area (Å²) < 4.78 is 0. The van der Waals surface area contributed by atoms with Gasteiger partial charge in [-0.15, -0.1) is 0 Å². The number of hydrogen-bond donors (Lipinski definition) is 0. The van der Waals surface area contributed by atoms with E-state index >= 15 is 0 Å². The van der Waals surface area contributed by atoms with Crippen molar-refractivity contribution in [2.45, 2.75) is 118 Å². The van der Waals surface area contributed by atoms with E-state index in [9.17, 15) is 4.79 Å². The SMILES string of the molecule is CCCCCCCCCCCCCCC(=O)C(C(C)C)C(C)C. The van der Waals surface area contributed by atoms with Crippen molar-refractivity contribution in [3.63, 3.8) is 0 Å². The summed E-state index contributed by atoms with van der Waals surface area (Å²) in [6.45, 7) is 11.0. The van der Waals surface area contributed by atoms with E-state index in [4.69, 9.17) is 0 Å². The molecule has 0 amide bonds. The van der Waals surface area contributed by atoms with Crippen molar-refractivity contribution >= 4 is 5.78 Å². The van der Waals surface area contributed by atoms with Gasteiger partial charge in [0, 0.05) is 12.3 Å². The molecule has 0 N–H and O–H groups in total. The highest BCUT2D eigenvalue weighted by Gasteiger charge is 2.24. The van der Waals surface area contributed by atoms with Gasteiger partial charge in [-0.3, -0.25) is 4.79 Å². The zero-order valence-electron chi connectivity index (χ0n) is 16.8. The Balaban J connectivity index is 3.43. The summed E-state index contributed by atoms with van der Waals surface area (Å²) in [6.07, 6.45) is 17.1. The zero-order valence-corrected chi connectivity index (χ0v) is 16.8. The third-order valence-electron chi connectivity index (χ3n) is 5.08. The zero-order chi connectivity index (χ0) is 17.5. The summed E-state index contributed by atoms with van der Waals surface area (Å²) in [5.41, 5.74) is 0. The summed E-state index contributed by atoms with van der Waals surface area (Å²) in [7, 11) is 0. The third-order valence-corrected chi connectivity index (χ3v) is 5.08. The second-order valence-electron chi connectivity index (χ2n) is 8.12. The second-order valence-corrected chi connectivity index (χ2v) is 8.12. The molecule has 1 heteroatoms. The summed E-state index contributed by atoms with van der Waals surface area (Å²) in [6, 6.07) is 0. The van der Waals surface area contributed by atoms with Crippen LogP contribution in [0.15, 0.2) is 0 Å². The van der Waals surface area contributed by atoms with Crippen LogP contribution in [0.25, 0.3) is 0 Å². The molecule has 138 valence electrons. The highest BCUT2D eigenvalue weighted by Crippen LogP contribution is 2.24. The Labute approximate surface area is 147 Å². The summed E-state index contributed by atoms with van der Waals surface area (Å²) in [5.74, 6) is 1.74. The minimum absolute atomic E-state index is 0.266. The fourth-order valence-electron chi connectivity index (χ4n) is 3.82. The molecule has 0 saturated heterocycles. The predicted molar refractivity (Wildman–Crippen MR) is 104 cm³/mol. The van der Waals surface area contributed by atoms with Crippen LogP contribution in [0.2, 0.25) is 0 Å². The molecule has 0 saturated carbocycles. The van der Waals surface area contributed by atoms with Crippen molar-refractivity contribution in [3.8, 4) is 0 Å². The van der Waals surface area contributed by atoms with Crippen LogP contribution in [-0.4, -0.2) is 5.78 Å². The van der Waals surface area contributed by atoms with E-state index in [1.807, 2.05) is 0 Å². The number of ketones is 1. The first-order valence-electron chi connectivity index (χ1n) is 10.5. The fraction of sp³-hybridized carbons (Fsp3) is 0.955. The van der Waals surface area contributed by atoms with Gasteiger partial charge in [-0.2, -0.15) is 0 Å². The van der Waals surface area contributed by atoms with E-state index in [1.54, 1.807) is 0 Å². The molecule has 0 heterocycles. The van der Waals surface area contributed by atoms with E-state index in [2.05, 4.69) is 34.6 Å². The molecule has 23 heavy (non-hydrogen) atoms. The smallest absolute Gasteiger partial charge is 0.136 e. The fourth-order valence-corrected chi connectivity index (χ4v) is 3.82. The van der Waals surface area contributed by atoms with E-state index in [-0.39, 0.29) is 5.92 Å². The van der Waals surface area contributed by atoms with Gasteiger partial charge in [0.15, 0.2) is 0 Å². The molecule has 0 rings (SSSR count). The van der Waals surface area contributed by atoms with E-state index in [0.29, 0.717) is 17.6 Å². The Bertz CT molecular complexity index is 259. The van der Waals surface area contributed by atoms with Crippen LogP contribution in [0.1, 0.15) is 118 Å². The van der Waals surface area contributed by atoms with Crippen LogP contribution >= 0.6 is 0 Å². The largest absolute Gasteiger partial charge is 0.299 e. The summed E-state index contributed by atoms with van der Waals surface area (Å²) >= 11 is 0. The van der Waals surface area contributed by atoms with Crippen molar-refractivity contribution in [1.29, 1.82) is 0 Å². The number of carbonyl (C=O) groups excluding carboxylic acids is 1. The van der Waals surface area contributed by atoms with Gasteiger partial charge in [-0.25, -0.2) is 0 Å². The number of hydrogen-bond acceptors (Lipinski definition) is 1. The topological polar surface area (TPSA) is 17.1 Å². The van der Waals surface area contributed by atoms with Crippen LogP contribution < -0.4 is 0 Å². The highest BCUT2D eigenvalue weighted by molar-refractivity contribution is 5.81. The lowest BCUT2D eigenvalue weighted by Crippen LogP contribution is -2.25. The molecule has 0 radical (unpaired) electrons. The van der Waals surface area contributed by atoms with Crippen molar-refractivity contribution in [1.82, 2.24) is 0 Å². The van der Waals surface area contributed by atoms with Crippen molar-refractivity contribution in [2.24, 2.45) is 17.8 Å². The molecular formula is C22H44O. The van der Waals surface area contributed by atoms with E-state index in [1.165, 1.54) is 70.6 Å². The van der Waals surface area contributed by atoms with E-state index in [0.717, 1.165) is 12.8 Å². The standard InChI is InChI=1S/C22H44O/c1-6-7-8-9-10-11-12-13-14-15-16-17-18-21(23)22(19(2)3)20(4)5/h19-20,22H,6-18H2,1-5H3. The molecule has 0 spiro atoms. The van der Waals surface area contributed by atoms with Gasteiger partial charge >= 0.3 is 0 Å². The van der Waals surface area contributed by atoms with Gasteiger partial charge in [0.2, 0.25) is 0 Å². The molecule has 0 aromatic carbocycles. The Kier molecular flexibility index (Phi) is 15.0. The molecule has 1 nitrogen and oxygen atoms in total. The van der Waals surface area contributed by atoms with Crippen LogP contribution in [0, 0.1) is 17.8 Å². The minimum Gasteiger partial charge on any atom is -0.299 e. The Hall–Kier alpha value is -0.330. The number of carbonyl (C=O) groups is 1. The van der Waals surface area contributed by atoms with Gasteiger partial charge in [-0.1, -0.05) is 105 Å². The average molecular weight is 325 g/mol. The summed E-state index contributed by atoms with van der Waals surface area (Å²) in [4.78, 5) is 12.3. The van der Waals surface area contributed by atoms with Crippen molar-refractivity contribution < 1.29 is 4.79 Å². The maximum absolute atomic E-state index is 12.3. The number of unbranched alkanes of at least 4 members (excludes halogenated alkanes) is 11. The molecule has 0 aliphatic heterocycles. The Morgan fingerprint density at radius 2 is 0.957 bits per heavy atom. The first-order valence-corrected chi connectivity index (χ1v) is 10.5. The van der Waals surface area contributed by atoms with Crippen LogP contribution in [0.4, 0.5) is 0 Å². The van der Waals surface area contributed by atoms with Gasteiger partial charge < -0.3 is 0 Å². The third kappa shape index (κ3) is 12.7. The molecule has 0 bridgehead atoms. The van der Waals surface area contributed by atoms with Crippen molar-refractivity contribution in [3.05, 3.63) is 0 Å². The lowest BCUT2D eigenvalue weighted by atomic mass is 9.80. The van der Waals surface area contributed by atoms with Gasteiger partial charge in [0.05, 0.1) is 0 Å².